The highest BCUT2D eigenvalue weighted by molar-refractivity contribution is 9.08. The lowest BCUT2D eigenvalue weighted by Crippen LogP contribution is -2.29. The van der Waals surface area contributed by atoms with Crippen molar-refractivity contribution in [2.75, 3.05) is 0 Å². The van der Waals surface area contributed by atoms with Crippen LogP contribution in [-0.4, -0.2) is 0 Å². The molecule has 1 aliphatic rings. The molecule has 3 heteroatoms. The van der Waals surface area contributed by atoms with E-state index in [1.54, 1.807) is 12.1 Å². The van der Waals surface area contributed by atoms with Crippen molar-refractivity contribution >= 4 is 15.9 Å². The highest BCUT2D eigenvalue weighted by atomic mass is 79.9. The van der Waals surface area contributed by atoms with Gasteiger partial charge in [0.25, 0.3) is 0 Å². The van der Waals surface area contributed by atoms with Crippen molar-refractivity contribution in [1.29, 1.82) is 5.26 Å². The van der Waals surface area contributed by atoms with E-state index in [9.17, 15) is 9.65 Å². The fourth-order valence-electron chi connectivity index (χ4n) is 2.67. The molecule has 0 aromatic heterocycles. The molecule has 0 N–H and O–H groups in total. The molecular weight excluding hydrogens is 293 g/mol. The number of hydrogen-bond acceptors (Lipinski definition) is 1. The zero-order chi connectivity index (χ0) is 13.2. The van der Waals surface area contributed by atoms with E-state index in [-0.39, 0.29) is 5.82 Å². The van der Waals surface area contributed by atoms with Gasteiger partial charge in [0, 0.05) is 5.33 Å². The smallest absolute Gasteiger partial charge is 0.127 e. The molecule has 0 heterocycles. The Bertz CT molecular complexity index is 470. The van der Waals surface area contributed by atoms with E-state index in [1.807, 2.05) is 6.07 Å². The van der Waals surface area contributed by atoms with Gasteiger partial charge in [0.15, 0.2) is 0 Å². The van der Waals surface area contributed by atoms with Gasteiger partial charge in [-0.05, 0) is 48.8 Å². The van der Waals surface area contributed by atoms with Crippen molar-refractivity contribution in [3.63, 3.8) is 0 Å². The summed E-state index contributed by atoms with van der Waals surface area (Å²) in [7, 11) is 0. The highest BCUT2D eigenvalue weighted by Gasteiger charge is 2.36. The summed E-state index contributed by atoms with van der Waals surface area (Å²) in [6, 6.07) is 7.70. The summed E-state index contributed by atoms with van der Waals surface area (Å²) in [6.45, 7) is 2.22. The van der Waals surface area contributed by atoms with Crippen molar-refractivity contribution in [3.8, 4) is 6.07 Å². The highest BCUT2D eigenvalue weighted by Crippen LogP contribution is 2.41. The van der Waals surface area contributed by atoms with Gasteiger partial charge in [-0.15, -0.1) is 0 Å². The van der Waals surface area contributed by atoms with E-state index in [0.717, 1.165) is 31.2 Å². The fraction of sp³-hybridized carbons (Fsp3) is 0.533. The summed E-state index contributed by atoms with van der Waals surface area (Å²) in [4.78, 5) is 0. The number of benzene rings is 1. The monoisotopic (exact) mass is 309 g/mol. The van der Waals surface area contributed by atoms with Gasteiger partial charge in [0.1, 0.15) is 5.82 Å². The Morgan fingerprint density at radius 2 is 2.11 bits per heavy atom. The van der Waals surface area contributed by atoms with E-state index in [2.05, 4.69) is 28.9 Å². The van der Waals surface area contributed by atoms with E-state index >= 15 is 0 Å². The first-order valence-electron chi connectivity index (χ1n) is 6.37. The molecule has 0 bridgehead atoms. The zero-order valence-electron chi connectivity index (χ0n) is 10.5. The second-order valence-corrected chi connectivity index (χ2v) is 5.88. The van der Waals surface area contributed by atoms with Gasteiger partial charge in [0.2, 0.25) is 0 Å². The summed E-state index contributed by atoms with van der Waals surface area (Å²) in [5.41, 5.74) is 1.02. The van der Waals surface area contributed by atoms with Gasteiger partial charge < -0.3 is 0 Å². The normalized spacial score (nSPS) is 27.8. The molecule has 1 nitrogen and oxygen atoms in total. The van der Waals surface area contributed by atoms with Crippen LogP contribution < -0.4 is 0 Å². The Balaban J connectivity index is 2.34. The van der Waals surface area contributed by atoms with Gasteiger partial charge in [-0.25, -0.2) is 4.39 Å². The van der Waals surface area contributed by atoms with Crippen LogP contribution in [-0.2, 0) is 10.7 Å². The molecule has 0 spiro atoms. The number of nitriles is 1. The summed E-state index contributed by atoms with van der Waals surface area (Å²) in [6.07, 6.45) is 3.79. The number of rotatable bonds is 2. The van der Waals surface area contributed by atoms with Crippen LogP contribution >= 0.6 is 15.9 Å². The lowest BCUT2D eigenvalue weighted by Gasteiger charge is -2.34. The molecule has 0 unspecified atom stereocenters. The molecule has 1 saturated carbocycles. The first-order chi connectivity index (χ1) is 8.61. The molecule has 1 aromatic rings. The Morgan fingerprint density at radius 3 is 2.61 bits per heavy atom. The molecule has 1 aliphatic carbocycles. The molecule has 0 amide bonds. The maximum Gasteiger partial charge on any atom is 0.127 e. The minimum Gasteiger partial charge on any atom is -0.207 e. The van der Waals surface area contributed by atoms with E-state index < -0.39 is 5.41 Å². The maximum absolute atomic E-state index is 13.8. The van der Waals surface area contributed by atoms with Crippen LogP contribution in [0.4, 0.5) is 4.39 Å². The maximum atomic E-state index is 13.8. The Labute approximate surface area is 116 Å². The third-order valence-electron chi connectivity index (χ3n) is 4.09. The zero-order valence-corrected chi connectivity index (χ0v) is 12.1. The number of halogens is 2. The average Bonchev–Trinajstić information content (AvgIpc) is 2.40. The lowest BCUT2D eigenvalue weighted by molar-refractivity contribution is 0.294. The number of nitrogens with zero attached hydrogens (tertiary/aromatic N) is 1. The van der Waals surface area contributed by atoms with Gasteiger partial charge in [-0.2, -0.15) is 5.26 Å². The number of alkyl halides is 1. The molecule has 96 valence electrons. The molecular formula is C15H17BrFN. The van der Waals surface area contributed by atoms with Crippen molar-refractivity contribution in [3.05, 3.63) is 35.1 Å². The Morgan fingerprint density at radius 1 is 1.44 bits per heavy atom. The van der Waals surface area contributed by atoms with Crippen LogP contribution in [0.2, 0.25) is 0 Å². The second-order valence-electron chi connectivity index (χ2n) is 5.32. The third kappa shape index (κ3) is 2.44. The predicted molar refractivity (Wildman–Crippen MR) is 74.0 cm³/mol. The molecule has 0 aliphatic heterocycles. The largest absolute Gasteiger partial charge is 0.207 e. The van der Waals surface area contributed by atoms with Gasteiger partial charge >= 0.3 is 0 Å². The lowest BCUT2D eigenvalue weighted by atomic mass is 9.68. The van der Waals surface area contributed by atoms with E-state index in [4.69, 9.17) is 0 Å². The topological polar surface area (TPSA) is 23.8 Å². The third-order valence-corrected chi connectivity index (χ3v) is 4.70. The molecule has 0 radical (unpaired) electrons. The van der Waals surface area contributed by atoms with Gasteiger partial charge in [-0.1, -0.05) is 35.0 Å². The van der Waals surface area contributed by atoms with Crippen LogP contribution in [0.3, 0.4) is 0 Å². The fourth-order valence-corrected chi connectivity index (χ4v) is 3.13. The SMILES string of the molecule is CC1CCC(C#N)(c2ccc(CBr)c(F)c2)CC1. The minimum atomic E-state index is -0.474. The summed E-state index contributed by atoms with van der Waals surface area (Å²) in [5.74, 6) is 0.468. The molecule has 18 heavy (non-hydrogen) atoms. The standard InChI is InChI=1S/C15H17BrFN/c1-11-4-6-15(10-18,7-5-11)13-3-2-12(9-16)14(17)8-13/h2-3,8,11H,4-7,9H2,1H3. The van der Waals surface area contributed by atoms with Gasteiger partial charge in [-0.3, -0.25) is 0 Å². The molecule has 2 rings (SSSR count). The Kier molecular flexibility index (Phi) is 4.07. The number of hydrogen-bond donors (Lipinski definition) is 0. The summed E-state index contributed by atoms with van der Waals surface area (Å²) in [5, 5.41) is 10.0. The minimum absolute atomic E-state index is 0.211. The van der Waals surface area contributed by atoms with Crippen molar-refractivity contribution < 1.29 is 4.39 Å². The molecule has 1 aromatic carbocycles. The summed E-state index contributed by atoms with van der Waals surface area (Å²) < 4.78 is 13.8. The summed E-state index contributed by atoms with van der Waals surface area (Å²) >= 11 is 3.26. The quantitative estimate of drug-likeness (QED) is 0.727. The van der Waals surface area contributed by atoms with E-state index in [1.165, 1.54) is 0 Å². The first-order valence-corrected chi connectivity index (χ1v) is 7.49. The molecule has 0 saturated heterocycles. The van der Waals surface area contributed by atoms with Crippen molar-refractivity contribution in [2.45, 2.75) is 43.4 Å². The van der Waals surface area contributed by atoms with Crippen LogP contribution in [0.1, 0.15) is 43.7 Å². The Hall–Kier alpha value is -0.880. The second kappa shape index (κ2) is 5.40. The average molecular weight is 310 g/mol. The van der Waals surface area contributed by atoms with Crippen LogP contribution in [0.25, 0.3) is 0 Å². The van der Waals surface area contributed by atoms with Crippen LogP contribution in [0.15, 0.2) is 18.2 Å². The van der Waals surface area contributed by atoms with Gasteiger partial charge in [0.05, 0.1) is 11.5 Å². The van der Waals surface area contributed by atoms with Crippen molar-refractivity contribution in [2.24, 2.45) is 5.92 Å². The van der Waals surface area contributed by atoms with Crippen LogP contribution in [0, 0.1) is 23.1 Å². The molecule has 1 fully saturated rings. The van der Waals surface area contributed by atoms with Crippen LogP contribution in [0.5, 0.6) is 0 Å². The molecule has 0 atom stereocenters. The first kappa shape index (κ1) is 13.5. The van der Waals surface area contributed by atoms with E-state index in [0.29, 0.717) is 16.8 Å². The predicted octanol–water partition coefficient (Wildman–Crippen LogP) is 4.69. The van der Waals surface area contributed by atoms with Crippen molar-refractivity contribution in [1.82, 2.24) is 0 Å².